The van der Waals surface area contributed by atoms with Gasteiger partial charge in [0, 0.05) is 18.6 Å². The van der Waals surface area contributed by atoms with E-state index in [9.17, 15) is 19.7 Å². The summed E-state index contributed by atoms with van der Waals surface area (Å²) in [5, 5.41) is 11.0. The molecule has 1 heterocycles. The van der Waals surface area contributed by atoms with Gasteiger partial charge >= 0.3 is 11.9 Å². The Morgan fingerprint density at radius 1 is 1.22 bits per heavy atom. The van der Waals surface area contributed by atoms with Crippen LogP contribution in [-0.4, -0.2) is 29.4 Å². The van der Waals surface area contributed by atoms with Crippen molar-refractivity contribution < 1.29 is 28.7 Å². The lowest BCUT2D eigenvalue weighted by Gasteiger charge is -2.13. The Morgan fingerprint density at radius 3 is 2.59 bits per heavy atom. The monoisotopic (exact) mass is 478 g/mol. The minimum absolute atomic E-state index is 0.00997. The molecule has 0 fully saturated rings. The van der Waals surface area contributed by atoms with Crippen molar-refractivity contribution >= 4 is 52.8 Å². The zero-order valence-corrected chi connectivity index (χ0v) is 18.4. The number of cyclic esters (lactones) is 1. The maximum Gasteiger partial charge on any atom is 0.363 e. The van der Waals surface area contributed by atoms with Crippen LogP contribution < -0.4 is 9.47 Å². The summed E-state index contributed by atoms with van der Waals surface area (Å²) in [5.41, 5.74) is 0.415. The highest BCUT2D eigenvalue weighted by molar-refractivity contribution is 6.35. The number of rotatable bonds is 7. The van der Waals surface area contributed by atoms with Gasteiger partial charge in [0.25, 0.3) is 5.69 Å². The minimum atomic E-state index is -0.745. The van der Waals surface area contributed by atoms with Gasteiger partial charge < -0.3 is 14.2 Å². The number of nitrogens with zero attached hydrogens (tertiary/aromatic N) is 2. The first-order valence-electron chi connectivity index (χ1n) is 9.37. The van der Waals surface area contributed by atoms with Crippen molar-refractivity contribution in [1.29, 1.82) is 0 Å². The van der Waals surface area contributed by atoms with Crippen molar-refractivity contribution in [2.24, 2.45) is 4.99 Å². The zero-order chi connectivity index (χ0) is 23.4. The molecule has 0 radical (unpaired) electrons. The fourth-order valence-electron chi connectivity index (χ4n) is 2.69. The molecule has 0 saturated carbocycles. The van der Waals surface area contributed by atoms with E-state index in [-0.39, 0.29) is 57.4 Å². The number of hydrogen-bond acceptors (Lipinski definition) is 8. The Labute approximate surface area is 192 Å². The molecule has 3 rings (SSSR count). The number of hydrogen-bond donors (Lipinski definition) is 0. The van der Waals surface area contributed by atoms with Gasteiger partial charge in [-0.2, -0.15) is 0 Å². The van der Waals surface area contributed by atoms with Crippen LogP contribution in [0.25, 0.3) is 6.08 Å². The van der Waals surface area contributed by atoms with Crippen LogP contribution in [0.4, 0.5) is 5.69 Å². The number of carbonyl (C=O) groups excluding carboxylic acids is 2. The number of aliphatic imine (C=N–C) groups is 1. The van der Waals surface area contributed by atoms with Crippen molar-refractivity contribution in [1.82, 2.24) is 0 Å². The van der Waals surface area contributed by atoms with E-state index >= 15 is 0 Å². The topological polar surface area (TPSA) is 117 Å². The van der Waals surface area contributed by atoms with Gasteiger partial charge in [-0.3, -0.25) is 14.9 Å². The Hall–Kier alpha value is -3.43. The molecule has 9 nitrogen and oxygen atoms in total. The third kappa shape index (κ3) is 5.06. The first-order chi connectivity index (χ1) is 15.2. The molecule has 2 aromatic rings. The van der Waals surface area contributed by atoms with E-state index in [1.165, 1.54) is 24.3 Å². The van der Waals surface area contributed by atoms with Gasteiger partial charge in [-0.1, -0.05) is 30.1 Å². The van der Waals surface area contributed by atoms with Gasteiger partial charge in [0.05, 0.1) is 27.1 Å². The maximum atomic E-state index is 12.3. The predicted octanol–water partition coefficient (Wildman–Crippen LogP) is 4.96. The molecule has 11 heteroatoms. The van der Waals surface area contributed by atoms with E-state index in [1.807, 2.05) is 0 Å². The highest BCUT2D eigenvalue weighted by Gasteiger charge is 2.27. The van der Waals surface area contributed by atoms with Gasteiger partial charge in [0.15, 0.2) is 17.2 Å². The SMILES string of the molecule is CCOc1cc(/C=C2\N=C(c3ccc([N+](=O)[O-])cc3Cl)OC2=O)cc(Cl)c1OC(=O)CC. The van der Waals surface area contributed by atoms with Crippen LogP contribution in [0, 0.1) is 10.1 Å². The smallest absolute Gasteiger partial charge is 0.363 e. The summed E-state index contributed by atoms with van der Waals surface area (Å²) in [4.78, 5) is 38.4. The van der Waals surface area contributed by atoms with Crippen molar-refractivity contribution in [2.75, 3.05) is 6.61 Å². The third-order valence-corrected chi connectivity index (χ3v) is 4.75. The Bertz CT molecular complexity index is 1170. The Kier molecular flexibility index (Phi) is 7.12. The molecule has 1 aliphatic rings. The normalized spacial score (nSPS) is 14.2. The van der Waals surface area contributed by atoms with Crippen molar-refractivity contribution in [3.63, 3.8) is 0 Å². The van der Waals surface area contributed by atoms with Crippen molar-refractivity contribution in [2.45, 2.75) is 20.3 Å². The molecule has 0 saturated heterocycles. The molecule has 32 heavy (non-hydrogen) atoms. The number of ether oxygens (including phenoxy) is 3. The number of halogens is 2. The average Bonchev–Trinajstić information content (AvgIpc) is 3.10. The molecule has 0 atom stereocenters. The van der Waals surface area contributed by atoms with Gasteiger partial charge in [-0.05, 0) is 36.8 Å². The van der Waals surface area contributed by atoms with Crippen LogP contribution >= 0.6 is 23.2 Å². The second-order valence-corrected chi connectivity index (χ2v) is 7.16. The molecule has 0 aliphatic carbocycles. The van der Waals surface area contributed by atoms with Crippen LogP contribution in [0.15, 0.2) is 41.0 Å². The number of esters is 2. The Morgan fingerprint density at radius 2 is 1.97 bits per heavy atom. The van der Waals surface area contributed by atoms with Gasteiger partial charge in [-0.25, -0.2) is 9.79 Å². The fourth-order valence-corrected chi connectivity index (χ4v) is 3.21. The molecule has 0 spiro atoms. The molecule has 0 aromatic heterocycles. The quantitative estimate of drug-likeness (QED) is 0.181. The lowest BCUT2D eigenvalue weighted by molar-refractivity contribution is -0.384. The Balaban J connectivity index is 1.97. The number of nitro groups is 1. The standard InChI is InChI=1S/C21H16Cl2N2O7/c1-3-18(26)31-19-15(23)7-11(9-17(19)30-4-2)8-16-21(27)32-20(24-16)13-6-5-12(25(28)29)10-14(13)22/h5-10H,3-4H2,1-2H3/b16-8-. The van der Waals surface area contributed by atoms with E-state index in [2.05, 4.69) is 4.99 Å². The molecular weight excluding hydrogens is 463 g/mol. The van der Waals surface area contributed by atoms with Crippen molar-refractivity contribution in [3.05, 3.63) is 67.3 Å². The largest absolute Gasteiger partial charge is 0.490 e. The summed E-state index contributed by atoms with van der Waals surface area (Å²) in [6.45, 7) is 3.69. The van der Waals surface area contributed by atoms with Gasteiger partial charge in [-0.15, -0.1) is 0 Å². The average molecular weight is 479 g/mol. The fraction of sp³-hybridized carbons (Fsp3) is 0.190. The van der Waals surface area contributed by atoms with Gasteiger partial charge in [0.1, 0.15) is 0 Å². The first kappa shape index (κ1) is 23.2. The highest BCUT2D eigenvalue weighted by atomic mass is 35.5. The summed E-state index contributed by atoms with van der Waals surface area (Å²) in [5.74, 6) is -1.01. The first-order valence-corrected chi connectivity index (χ1v) is 10.1. The van der Waals surface area contributed by atoms with Crippen LogP contribution in [0.1, 0.15) is 31.4 Å². The molecule has 2 aromatic carbocycles. The lowest BCUT2D eigenvalue weighted by atomic mass is 10.1. The van der Waals surface area contributed by atoms with Gasteiger partial charge in [0.2, 0.25) is 5.90 Å². The van der Waals surface area contributed by atoms with Crippen LogP contribution in [0.2, 0.25) is 10.0 Å². The number of nitro benzene ring substituents is 1. The second-order valence-electron chi connectivity index (χ2n) is 6.35. The second kappa shape index (κ2) is 9.80. The number of non-ortho nitro benzene ring substituents is 1. The minimum Gasteiger partial charge on any atom is -0.490 e. The highest BCUT2D eigenvalue weighted by Crippen LogP contribution is 2.38. The zero-order valence-electron chi connectivity index (χ0n) is 16.9. The predicted molar refractivity (Wildman–Crippen MR) is 117 cm³/mol. The van der Waals surface area contributed by atoms with E-state index < -0.39 is 16.9 Å². The van der Waals surface area contributed by atoms with E-state index in [0.29, 0.717) is 5.56 Å². The van der Waals surface area contributed by atoms with Crippen LogP contribution in [0.5, 0.6) is 11.5 Å². The van der Waals surface area contributed by atoms with E-state index in [1.54, 1.807) is 19.9 Å². The molecule has 0 unspecified atom stereocenters. The van der Waals surface area contributed by atoms with Crippen LogP contribution in [-0.2, 0) is 14.3 Å². The summed E-state index contributed by atoms with van der Waals surface area (Å²) in [6.07, 6.45) is 1.57. The molecule has 0 amide bonds. The maximum absolute atomic E-state index is 12.3. The van der Waals surface area contributed by atoms with Crippen LogP contribution in [0.3, 0.4) is 0 Å². The summed E-state index contributed by atoms with van der Waals surface area (Å²) in [7, 11) is 0. The number of benzene rings is 2. The van der Waals surface area contributed by atoms with E-state index in [4.69, 9.17) is 37.4 Å². The number of carbonyl (C=O) groups is 2. The third-order valence-electron chi connectivity index (χ3n) is 4.15. The summed E-state index contributed by atoms with van der Waals surface area (Å²) in [6, 6.07) is 6.73. The lowest BCUT2D eigenvalue weighted by Crippen LogP contribution is -2.08. The molecular formula is C21H16Cl2N2O7. The van der Waals surface area contributed by atoms with Crippen molar-refractivity contribution in [3.8, 4) is 11.5 Å². The van der Waals surface area contributed by atoms with E-state index in [0.717, 1.165) is 6.07 Å². The molecule has 166 valence electrons. The molecule has 0 bridgehead atoms. The summed E-state index contributed by atoms with van der Waals surface area (Å²) < 4.78 is 15.9. The molecule has 0 N–H and O–H groups in total. The summed E-state index contributed by atoms with van der Waals surface area (Å²) >= 11 is 12.4. The molecule has 1 aliphatic heterocycles.